The minimum atomic E-state index is -0.769. The second-order valence-corrected chi connectivity index (χ2v) is 9.28. The van der Waals surface area contributed by atoms with Crippen molar-refractivity contribution in [1.82, 2.24) is 4.90 Å². The van der Waals surface area contributed by atoms with Gasteiger partial charge in [-0.1, -0.05) is 77.3 Å². The van der Waals surface area contributed by atoms with Gasteiger partial charge in [-0.3, -0.25) is 9.59 Å². The molecule has 2 amide bonds. The zero-order chi connectivity index (χ0) is 24.2. The zero-order valence-corrected chi connectivity index (χ0v) is 20.8. The van der Waals surface area contributed by atoms with Crippen LogP contribution in [0.2, 0.25) is 10.0 Å². The first kappa shape index (κ1) is 24.2. The molecule has 1 heterocycles. The number of carbonyl (C=O) groups excluding carboxylic acids is 2. The summed E-state index contributed by atoms with van der Waals surface area (Å²) in [7, 11) is 0. The van der Waals surface area contributed by atoms with Crippen molar-refractivity contribution in [1.29, 1.82) is 0 Å². The number of para-hydroxylation sites is 1. The summed E-state index contributed by atoms with van der Waals surface area (Å²) in [4.78, 5) is 29.4. The lowest BCUT2D eigenvalue weighted by molar-refractivity contribution is -0.122. The van der Waals surface area contributed by atoms with Crippen LogP contribution < -0.4 is 10.2 Å². The van der Waals surface area contributed by atoms with Gasteiger partial charge in [-0.05, 0) is 55.4 Å². The Hall–Kier alpha value is -2.93. The van der Waals surface area contributed by atoms with Gasteiger partial charge in [0.05, 0.1) is 22.2 Å². The van der Waals surface area contributed by atoms with Crippen LogP contribution in [-0.2, 0) is 16.0 Å². The first-order valence-electron chi connectivity index (χ1n) is 10.8. The van der Waals surface area contributed by atoms with Crippen molar-refractivity contribution in [3.8, 4) is 0 Å². The van der Waals surface area contributed by atoms with E-state index >= 15 is 0 Å². The highest BCUT2D eigenvalue weighted by atomic mass is 35.5. The number of nitrogens with zero attached hydrogens (tertiary/aromatic N) is 2. The topological polar surface area (TPSA) is 52.7 Å². The largest absolute Gasteiger partial charge is 0.336 e. The van der Waals surface area contributed by atoms with Gasteiger partial charge >= 0.3 is 0 Å². The van der Waals surface area contributed by atoms with E-state index in [1.807, 2.05) is 61.5 Å². The molecule has 0 saturated carbocycles. The molecule has 8 heteroatoms. The summed E-state index contributed by atoms with van der Waals surface area (Å²) in [5.74, 6) is -0.769. The molecular formula is C26H23Cl2N3O2S. The molecule has 0 radical (unpaired) electrons. The van der Waals surface area contributed by atoms with Crippen LogP contribution in [0.1, 0.15) is 17.5 Å². The molecule has 4 rings (SSSR count). The van der Waals surface area contributed by atoms with E-state index in [9.17, 15) is 9.59 Å². The summed E-state index contributed by atoms with van der Waals surface area (Å²) in [6.45, 7) is 2.46. The molecule has 3 aromatic rings. The Morgan fingerprint density at radius 1 is 1.00 bits per heavy atom. The minimum absolute atomic E-state index is 0.0229. The van der Waals surface area contributed by atoms with Gasteiger partial charge < -0.3 is 10.2 Å². The highest BCUT2D eigenvalue weighted by molar-refractivity contribution is 7.80. The number of rotatable bonds is 6. The fourth-order valence-electron chi connectivity index (χ4n) is 3.92. The number of aryl methyl sites for hydroxylation is 1. The second kappa shape index (κ2) is 10.6. The third-order valence-electron chi connectivity index (χ3n) is 5.71. The average Bonchev–Trinajstić information content (AvgIpc) is 3.10. The third kappa shape index (κ3) is 5.25. The lowest BCUT2D eigenvalue weighted by atomic mass is 10.1. The molecule has 1 atom stereocenters. The summed E-state index contributed by atoms with van der Waals surface area (Å²) >= 11 is 18.3. The Morgan fingerprint density at radius 2 is 1.65 bits per heavy atom. The zero-order valence-electron chi connectivity index (χ0n) is 18.5. The Kier molecular flexibility index (Phi) is 7.51. The fraction of sp³-hybridized carbons (Fsp3) is 0.192. The lowest BCUT2D eigenvalue weighted by Crippen LogP contribution is -2.48. The molecule has 3 aromatic carbocycles. The number of imide groups is 1. The van der Waals surface area contributed by atoms with Crippen LogP contribution in [0.15, 0.2) is 72.8 Å². The molecular weight excluding hydrogens is 489 g/mol. The van der Waals surface area contributed by atoms with Crippen molar-refractivity contribution in [3.63, 3.8) is 0 Å². The van der Waals surface area contributed by atoms with E-state index in [1.54, 1.807) is 23.1 Å². The van der Waals surface area contributed by atoms with Crippen LogP contribution in [0, 0.1) is 6.92 Å². The van der Waals surface area contributed by atoms with E-state index < -0.39 is 11.9 Å². The molecule has 34 heavy (non-hydrogen) atoms. The molecule has 1 saturated heterocycles. The lowest BCUT2D eigenvalue weighted by Gasteiger charge is -2.30. The van der Waals surface area contributed by atoms with Gasteiger partial charge in [0.25, 0.3) is 5.91 Å². The molecule has 0 unspecified atom stereocenters. The summed E-state index contributed by atoms with van der Waals surface area (Å²) < 4.78 is 0. The normalized spacial score (nSPS) is 15.5. The van der Waals surface area contributed by atoms with E-state index in [0.717, 1.165) is 21.7 Å². The molecule has 1 aliphatic heterocycles. The van der Waals surface area contributed by atoms with Crippen LogP contribution >= 0.6 is 35.4 Å². The number of hydrogen-bond acceptors (Lipinski definition) is 3. The number of anilines is 2. The number of hydrogen-bond donors (Lipinski definition) is 1. The van der Waals surface area contributed by atoms with E-state index in [2.05, 4.69) is 5.32 Å². The molecule has 0 aliphatic carbocycles. The van der Waals surface area contributed by atoms with E-state index in [4.69, 9.17) is 35.4 Å². The van der Waals surface area contributed by atoms with Crippen molar-refractivity contribution in [2.75, 3.05) is 16.8 Å². The van der Waals surface area contributed by atoms with E-state index in [1.165, 1.54) is 0 Å². The van der Waals surface area contributed by atoms with Crippen LogP contribution in [-0.4, -0.2) is 34.4 Å². The van der Waals surface area contributed by atoms with Crippen molar-refractivity contribution >= 4 is 63.7 Å². The third-order valence-corrected chi connectivity index (χ3v) is 6.65. The fourth-order valence-corrected chi connectivity index (χ4v) is 4.83. The molecule has 1 aliphatic rings. The van der Waals surface area contributed by atoms with Crippen LogP contribution in [0.5, 0.6) is 0 Å². The average molecular weight is 512 g/mol. The van der Waals surface area contributed by atoms with Gasteiger partial charge in [0, 0.05) is 12.2 Å². The maximum Gasteiger partial charge on any atom is 0.257 e. The molecule has 5 nitrogen and oxygen atoms in total. The number of benzene rings is 3. The number of amides is 2. The Morgan fingerprint density at radius 3 is 2.29 bits per heavy atom. The summed E-state index contributed by atoms with van der Waals surface area (Å²) in [6.07, 6.45) is 0.631. The van der Waals surface area contributed by atoms with Gasteiger partial charge in [0.15, 0.2) is 5.11 Å². The van der Waals surface area contributed by atoms with Crippen LogP contribution in [0.25, 0.3) is 0 Å². The van der Waals surface area contributed by atoms with Crippen molar-refractivity contribution < 1.29 is 9.59 Å². The molecule has 0 aromatic heterocycles. The minimum Gasteiger partial charge on any atom is -0.336 e. The smallest absolute Gasteiger partial charge is 0.257 e. The standard InChI is InChI=1S/C26H23Cl2N3O2S/c1-17-10-12-19(13-11-17)29-26(34)30(15-14-18-6-3-2-4-7-18)22-16-23(32)31(25(22)33)24-20(27)8-5-9-21(24)28/h2-13,22H,14-16H2,1H3,(H,29,34)/t22-/m0/s1. The maximum atomic E-state index is 13.5. The molecule has 174 valence electrons. The molecule has 1 N–H and O–H groups in total. The molecule has 1 fully saturated rings. The number of halogens is 2. The monoisotopic (exact) mass is 511 g/mol. The van der Waals surface area contributed by atoms with Crippen molar-refractivity contribution in [3.05, 3.63) is 94.0 Å². The van der Waals surface area contributed by atoms with Crippen LogP contribution in [0.3, 0.4) is 0 Å². The maximum absolute atomic E-state index is 13.5. The SMILES string of the molecule is Cc1ccc(NC(=S)N(CCc2ccccc2)[C@H]2CC(=O)N(c3c(Cl)cccc3Cl)C2=O)cc1. The predicted molar refractivity (Wildman–Crippen MR) is 142 cm³/mol. The Labute approximate surface area is 214 Å². The quantitative estimate of drug-likeness (QED) is 0.331. The van der Waals surface area contributed by atoms with E-state index in [0.29, 0.717) is 18.1 Å². The van der Waals surface area contributed by atoms with Crippen molar-refractivity contribution in [2.24, 2.45) is 0 Å². The van der Waals surface area contributed by atoms with Crippen molar-refractivity contribution in [2.45, 2.75) is 25.8 Å². The van der Waals surface area contributed by atoms with Gasteiger partial charge in [-0.15, -0.1) is 0 Å². The summed E-state index contributed by atoms with van der Waals surface area (Å²) in [6, 6.07) is 21.8. The molecule has 0 bridgehead atoms. The number of nitrogens with one attached hydrogen (secondary N) is 1. The van der Waals surface area contributed by atoms with Gasteiger partial charge in [-0.25, -0.2) is 4.90 Å². The second-order valence-electron chi connectivity index (χ2n) is 8.08. The predicted octanol–water partition coefficient (Wildman–Crippen LogP) is 5.88. The number of carbonyl (C=O) groups is 2. The molecule has 0 spiro atoms. The Bertz CT molecular complexity index is 1200. The highest BCUT2D eigenvalue weighted by Gasteiger charge is 2.44. The van der Waals surface area contributed by atoms with E-state index in [-0.39, 0.29) is 28.1 Å². The first-order chi connectivity index (χ1) is 16.3. The first-order valence-corrected chi connectivity index (χ1v) is 12.0. The number of thiocarbonyl (C=S) groups is 1. The van der Waals surface area contributed by atoms with Gasteiger partial charge in [0.2, 0.25) is 5.91 Å². The van der Waals surface area contributed by atoms with Crippen LogP contribution in [0.4, 0.5) is 11.4 Å². The Balaban J connectivity index is 1.62. The van der Waals surface area contributed by atoms with Gasteiger partial charge in [0.1, 0.15) is 6.04 Å². The summed E-state index contributed by atoms with van der Waals surface area (Å²) in [5.41, 5.74) is 3.25. The van der Waals surface area contributed by atoms with Gasteiger partial charge in [-0.2, -0.15) is 0 Å². The highest BCUT2D eigenvalue weighted by Crippen LogP contribution is 2.37. The summed E-state index contributed by atoms with van der Waals surface area (Å²) in [5, 5.41) is 4.07.